The molecule has 5 heavy (non-hydrogen) atoms. The topological polar surface area (TPSA) is 0 Å². The molecule has 0 aromatic rings. The van der Waals surface area contributed by atoms with Gasteiger partial charge in [0, 0.05) is 4.83 Å². The second kappa shape index (κ2) is 2.42. The van der Waals surface area contributed by atoms with Gasteiger partial charge in [-0.3, -0.25) is 0 Å². The molecule has 0 N–H and O–H groups in total. The van der Waals surface area contributed by atoms with E-state index in [1.54, 1.807) is 0 Å². The molecule has 0 atom stereocenters. The third-order valence-electron chi connectivity index (χ3n) is 0.507. The number of hydrogen-bond acceptors (Lipinski definition) is 0. The predicted molar refractivity (Wildman–Crippen MR) is 30.5 cm³/mol. The first-order valence-electron chi connectivity index (χ1n) is 1.53. The number of rotatable bonds is 0. The minimum absolute atomic E-state index is 0. The van der Waals surface area contributed by atoms with Gasteiger partial charge >= 0.3 is 23.1 Å². The Bertz CT molecular complexity index is 26.1. The summed E-state index contributed by atoms with van der Waals surface area (Å²) in [5, 5.41) is 0. The molecule has 1 aliphatic carbocycles. The first-order chi connectivity index (χ1) is 1.89. The van der Waals surface area contributed by atoms with E-state index in [4.69, 9.17) is 0 Å². The van der Waals surface area contributed by atoms with E-state index in [0.717, 1.165) is 4.83 Å². The molecule has 0 unspecified atom stereocenters. The van der Waals surface area contributed by atoms with Crippen molar-refractivity contribution >= 4 is 39.0 Å². The molecule has 28 valence electrons. The van der Waals surface area contributed by atoms with Crippen LogP contribution in [0.1, 0.15) is 12.8 Å². The van der Waals surface area contributed by atoms with Crippen molar-refractivity contribution in [1.29, 1.82) is 0 Å². The minimum atomic E-state index is 0. The fourth-order valence-electron chi connectivity index (χ4n) is 0.0630. The van der Waals surface area contributed by atoms with E-state index in [2.05, 4.69) is 15.9 Å². The van der Waals surface area contributed by atoms with Crippen LogP contribution in [0.5, 0.6) is 0 Å². The molecule has 0 radical (unpaired) electrons. The van der Waals surface area contributed by atoms with Crippen LogP contribution in [0.15, 0.2) is 0 Å². The van der Waals surface area contributed by atoms with Gasteiger partial charge in [-0.2, -0.15) is 0 Å². The molecule has 1 saturated carbocycles. The summed E-state index contributed by atoms with van der Waals surface area (Å²) in [6, 6.07) is 0. The molecule has 1 aliphatic rings. The molecule has 2 heteroatoms. The Kier molecular flexibility index (Phi) is 3.03. The summed E-state index contributed by atoms with van der Waals surface area (Å²) in [6.45, 7) is 0. The average molecular weight is 147 g/mol. The summed E-state index contributed by atoms with van der Waals surface area (Å²) in [5.41, 5.74) is 0. The van der Waals surface area contributed by atoms with E-state index < -0.39 is 0 Å². The van der Waals surface area contributed by atoms with Crippen LogP contribution in [0.25, 0.3) is 0 Å². The Morgan fingerprint density at radius 3 is 1.60 bits per heavy atom. The Morgan fingerprint density at radius 1 is 1.40 bits per heavy atom. The lowest BCUT2D eigenvalue weighted by molar-refractivity contribution is 1.50. The van der Waals surface area contributed by atoms with E-state index in [1.165, 1.54) is 12.8 Å². The third-order valence-corrected chi connectivity index (χ3v) is 1.42. The van der Waals surface area contributed by atoms with Crippen LogP contribution in [0.3, 0.4) is 0 Å². The fraction of sp³-hybridized carbons (Fsp3) is 1.00. The maximum atomic E-state index is 3.38. The van der Waals surface area contributed by atoms with Gasteiger partial charge in [0.2, 0.25) is 0 Å². The first kappa shape index (κ1) is 6.25. The summed E-state index contributed by atoms with van der Waals surface area (Å²) in [6.07, 6.45) is 2.81. The molecule has 0 nitrogen and oxygen atoms in total. The Labute approximate surface area is 56.6 Å². The van der Waals surface area contributed by atoms with Crippen molar-refractivity contribution in [1.82, 2.24) is 0 Å². The minimum Gasteiger partial charge on any atom is -0.0891 e. The molecular formula is C3H7BrMg. The van der Waals surface area contributed by atoms with E-state index in [0.29, 0.717) is 0 Å². The van der Waals surface area contributed by atoms with Crippen LogP contribution in [0, 0.1) is 0 Å². The average Bonchev–Trinajstić information content (AvgIpc) is 1.75. The zero-order valence-corrected chi connectivity index (χ0v) is 3.96. The zero-order valence-electron chi connectivity index (χ0n) is 2.37. The van der Waals surface area contributed by atoms with Gasteiger partial charge in [-0.25, -0.2) is 0 Å². The van der Waals surface area contributed by atoms with Crippen molar-refractivity contribution in [3.05, 3.63) is 0 Å². The Hall–Kier alpha value is 1.25. The summed E-state index contributed by atoms with van der Waals surface area (Å²) in [7, 11) is 0. The number of alkyl halides is 1. The van der Waals surface area contributed by atoms with Gasteiger partial charge in [-0.15, -0.1) is 0 Å². The molecular weight excluding hydrogens is 140 g/mol. The van der Waals surface area contributed by atoms with Crippen LogP contribution >= 0.6 is 15.9 Å². The van der Waals surface area contributed by atoms with Crippen LogP contribution < -0.4 is 0 Å². The second-order valence-corrected chi connectivity index (χ2v) is 2.47. The van der Waals surface area contributed by atoms with Gasteiger partial charge in [0.05, 0.1) is 0 Å². The lowest BCUT2D eigenvalue weighted by atomic mass is 11.0. The lowest BCUT2D eigenvalue weighted by Gasteiger charge is -1.50. The molecule has 0 amide bonds. The number of halogens is 1. The van der Waals surface area contributed by atoms with Crippen molar-refractivity contribution in [2.75, 3.05) is 0 Å². The molecule has 0 aromatic carbocycles. The first-order valence-corrected chi connectivity index (χ1v) is 2.45. The van der Waals surface area contributed by atoms with E-state index >= 15 is 0 Å². The molecule has 0 spiro atoms. The zero-order chi connectivity index (χ0) is 2.99. The van der Waals surface area contributed by atoms with Crippen molar-refractivity contribution in [2.45, 2.75) is 17.7 Å². The maximum Gasteiger partial charge on any atom is 0.316 e. The molecule has 0 aliphatic heterocycles. The van der Waals surface area contributed by atoms with Crippen LogP contribution in [-0.4, -0.2) is 27.9 Å². The Balaban J connectivity index is 0.000000160. The van der Waals surface area contributed by atoms with Crippen LogP contribution in [0.2, 0.25) is 0 Å². The molecule has 0 heterocycles. The normalized spacial score (nSPS) is 21.0. The summed E-state index contributed by atoms with van der Waals surface area (Å²) < 4.78 is 0. The molecule has 1 fully saturated rings. The van der Waals surface area contributed by atoms with Crippen LogP contribution in [0.4, 0.5) is 0 Å². The molecule has 0 saturated heterocycles. The van der Waals surface area contributed by atoms with Gasteiger partial charge in [0.1, 0.15) is 0 Å². The van der Waals surface area contributed by atoms with Crippen molar-refractivity contribution in [3.8, 4) is 0 Å². The molecule has 1 rings (SSSR count). The smallest absolute Gasteiger partial charge is 0.0891 e. The number of hydrogen-bond donors (Lipinski definition) is 0. The molecule has 0 bridgehead atoms. The van der Waals surface area contributed by atoms with Crippen molar-refractivity contribution in [2.24, 2.45) is 0 Å². The summed E-state index contributed by atoms with van der Waals surface area (Å²) >= 11 is 3.38. The highest BCUT2D eigenvalue weighted by atomic mass is 79.9. The largest absolute Gasteiger partial charge is 0.316 e. The highest BCUT2D eigenvalue weighted by molar-refractivity contribution is 9.09. The van der Waals surface area contributed by atoms with E-state index in [-0.39, 0.29) is 23.1 Å². The van der Waals surface area contributed by atoms with Gasteiger partial charge in [-0.05, 0) is 12.8 Å². The second-order valence-electron chi connectivity index (χ2n) is 1.17. The van der Waals surface area contributed by atoms with Crippen molar-refractivity contribution < 1.29 is 0 Å². The molecule has 0 aromatic heterocycles. The highest BCUT2D eigenvalue weighted by Crippen LogP contribution is 2.27. The lowest BCUT2D eigenvalue weighted by Crippen LogP contribution is -1.42. The third kappa shape index (κ3) is 3.07. The van der Waals surface area contributed by atoms with Gasteiger partial charge in [-0.1, -0.05) is 15.9 Å². The van der Waals surface area contributed by atoms with Gasteiger partial charge < -0.3 is 0 Å². The van der Waals surface area contributed by atoms with E-state index in [9.17, 15) is 0 Å². The fourth-order valence-corrected chi connectivity index (χ4v) is 0.327. The van der Waals surface area contributed by atoms with Crippen LogP contribution in [-0.2, 0) is 0 Å². The summed E-state index contributed by atoms with van der Waals surface area (Å²) in [4.78, 5) is 0.896. The summed E-state index contributed by atoms with van der Waals surface area (Å²) in [5.74, 6) is 0. The SMILES string of the molecule is BrC1CC1.[MgH2]. The quantitative estimate of drug-likeness (QED) is 0.348. The maximum absolute atomic E-state index is 3.38. The predicted octanol–water partition coefficient (Wildman–Crippen LogP) is 0.627. The van der Waals surface area contributed by atoms with Crippen molar-refractivity contribution in [3.63, 3.8) is 0 Å². The van der Waals surface area contributed by atoms with Gasteiger partial charge in [0.15, 0.2) is 0 Å². The monoisotopic (exact) mass is 146 g/mol. The van der Waals surface area contributed by atoms with E-state index in [1.807, 2.05) is 0 Å². The highest BCUT2D eigenvalue weighted by Gasteiger charge is 2.15. The van der Waals surface area contributed by atoms with Gasteiger partial charge in [0.25, 0.3) is 0 Å². The Morgan fingerprint density at radius 2 is 1.60 bits per heavy atom. The standard InChI is InChI=1S/C3H5Br.Mg.2H/c4-3-1-2-3;;;/h3H,1-2H2;;;.